The Hall–Kier alpha value is -3.64. The van der Waals surface area contributed by atoms with Gasteiger partial charge in [0.05, 0.1) is 11.7 Å². The van der Waals surface area contributed by atoms with Crippen molar-refractivity contribution in [2.45, 2.75) is 44.7 Å². The van der Waals surface area contributed by atoms with Gasteiger partial charge in [-0.05, 0) is 44.8 Å². The summed E-state index contributed by atoms with van der Waals surface area (Å²) >= 11 is 0. The van der Waals surface area contributed by atoms with Crippen LogP contribution < -0.4 is 5.32 Å². The Kier molecular flexibility index (Phi) is 6.70. The van der Waals surface area contributed by atoms with E-state index in [4.69, 9.17) is 4.98 Å². The van der Waals surface area contributed by atoms with Crippen LogP contribution in [0.2, 0.25) is 0 Å². The number of hydrogen-bond acceptors (Lipinski definition) is 7. The Bertz CT molecular complexity index is 1580. The monoisotopic (exact) mass is 554 g/mol. The molecule has 12 heteroatoms. The number of alkyl halides is 2. The molecule has 0 bridgehead atoms. The van der Waals surface area contributed by atoms with Gasteiger partial charge >= 0.3 is 0 Å². The predicted molar refractivity (Wildman–Crippen MR) is 144 cm³/mol. The van der Waals surface area contributed by atoms with Gasteiger partial charge in [-0.1, -0.05) is 6.07 Å². The van der Waals surface area contributed by atoms with Crippen molar-refractivity contribution < 1.29 is 17.6 Å². The highest BCUT2D eigenvalue weighted by molar-refractivity contribution is 5.83. The molecule has 0 saturated heterocycles. The molecule has 0 spiro atoms. The van der Waals surface area contributed by atoms with Gasteiger partial charge in [-0.3, -0.25) is 4.90 Å². The maximum Gasteiger partial charge on any atom is 0.252 e. The number of anilines is 2. The highest BCUT2D eigenvalue weighted by Gasteiger charge is 2.47. The lowest BCUT2D eigenvalue weighted by Gasteiger charge is -2.36. The Balaban J connectivity index is 1.26. The first-order valence-corrected chi connectivity index (χ1v) is 13.3. The van der Waals surface area contributed by atoms with Crippen molar-refractivity contribution in [3.63, 3.8) is 0 Å². The molecule has 40 heavy (non-hydrogen) atoms. The van der Waals surface area contributed by atoms with E-state index in [1.165, 1.54) is 0 Å². The van der Waals surface area contributed by atoms with E-state index >= 15 is 4.39 Å². The zero-order valence-electron chi connectivity index (χ0n) is 22.6. The van der Waals surface area contributed by atoms with E-state index in [1.807, 2.05) is 12.1 Å². The van der Waals surface area contributed by atoms with Crippen molar-refractivity contribution in [2.75, 3.05) is 39.0 Å². The number of nitrogens with one attached hydrogen (secondary N) is 1. The molecule has 0 amide bonds. The van der Waals surface area contributed by atoms with Gasteiger partial charge in [-0.25, -0.2) is 37.5 Å². The lowest BCUT2D eigenvalue weighted by molar-refractivity contribution is -0.103. The number of nitrogens with zero attached hydrogens (tertiary/aromatic N) is 7. The van der Waals surface area contributed by atoms with E-state index in [0.29, 0.717) is 17.2 Å². The average Bonchev–Trinajstić information content (AvgIpc) is 3.23. The van der Waals surface area contributed by atoms with Crippen LogP contribution in [0.4, 0.5) is 29.3 Å². The quantitative estimate of drug-likeness (QED) is 0.318. The SMILES string of the molecule is Cc1nc2c(F)cc(-c3nc(Nc4ccc5c(n4)CCN(CCN(C)C)C5)ncc3F)cc2n1C1CC(F)(F)C1. The van der Waals surface area contributed by atoms with Crippen LogP contribution in [0.5, 0.6) is 0 Å². The molecule has 3 aromatic heterocycles. The summed E-state index contributed by atoms with van der Waals surface area (Å²) in [6, 6.07) is 6.05. The van der Waals surface area contributed by atoms with Crippen LogP contribution in [0.15, 0.2) is 30.5 Å². The summed E-state index contributed by atoms with van der Waals surface area (Å²) in [5.74, 6) is -3.10. The van der Waals surface area contributed by atoms with Crippen LogP contribution in [0, 0.1) is 18.6 Å². The molecule has 1 saturated carbocycles. The summed E-state index contributed by atoms with van der Waals surface area (Å²) in [5, 5.41) is 3.04. The van der Waals surface area contributed by atoms with Gasteiger partial charge in [0.1, 0.15) is 22.9 Å². The molecule has 1 fully saturated rings. The van der Waals surface area contributed by atoms with Crippen LogP contribution in [0.3, 0.4) is 0 Å². The van der Waals surface area contributed by atoms with Crippen molar-refractivity contribution in [1.82, 2.24) is 34.3 Å². The number of rotatable bonds is 7. The van der Waals surface area contributed by atoms with Gasteiger partial charge in [0.15, 0.2) is 11.6 Å². The third-order valence-corrected chi connectivity index (χ3v) is 7.61. The Morgan fingerprint density at radius 1 is 1.07 bits per heavy atom. The molecular formula is C28H30F4N8. The molecule has 8 nitrogen and oxygen atoms in total. The zero-order chi connectivity index (χ0) is 28.2. The fraction of sp³-hybridized carbons (Fsp3) is 0.429. The second-order valence-corrected chi connectivity index (χ2v) is 10.9. The topological polar surface area (TPSA) is 75.0 Å². The van der Waals surface area contributed by atoms with Gasteiger partial charge in [0, 0.05) is 62.7 Å². The highest BCUT2D eigenvalue weighted by Crippen LogP contribution is 2.47. The standard InChI is InChI=1S/C28H30F4N8/c1-16-34-26-20(29)10-18(11-23(26)40(16)19-12-28(31,32)13-19)25-21(30)14-33-27(37-25)36-24-5-4-17-15-39(9-8-38(2)3)7-6-22(17)35-24/h4-5,10-11,14,19H,6-9,12-13,15H2,1-3H3,(H,33,35,36,37). The lowest BCUT2D eigenvalue weighted by atomic mass is 9.87. The minimum absolute atomic E-state index is 0.0582. The first kappa shape index (κ1) is 26.6. The number of aromatic nitrogens is 5. The molecule has 210 valence electrons. The van der Waals surface area contributed by atoms with Crippen LogP contribution >= 0.6 is 0 Å². The van der Waals surface area contributed by atoms with E-state index in [-0.39, 0.29) is 35.6 Å². The summed E-state index contributed by atoms with van der Waals surface area (Å²) < 4.78 is 58.8. The van der Waals surface area contributed by atoms with Crippen molar-refractivity contribution in [3.05, 3.63) is 59.2 Å². The molecule has 6 rings (SSSR count). The highest BCUT2D eigenvalue weighted by atomic mass is 19.3. The molecule has 0 atom stereocenters. The summed E-state index contributed by atoms with van der Waals surface area (Å²) in [6.07, 6.45) is 1.14. The van der Waals surface area contributed by atoms with Gasteiger partial charge in [0.25, 0.3) is 5.92 Å². The van der Waals surface area contributed by atoms with Gasteiger partial charge < -0.3 is 14.8 Å². The van der Waals surface area contributed by atoms with Gasteiger partial charge in [-0.15, -0.1) is 0 Å². The number of halogens is 4. The molecule has 2 aliphatic rings. The molecular weight excluding hydrogens is 524 g/mol. The zero-order valence-corrected chi connectivity index (χ0v) is 22.6. The van der Waals surface area contributed by atoms with E-state index in [1.54, 1.807) is 17.6 Å². The first-order chi connectivity index (χ1) is 19.1. The third kappa shape index (κ3) is 5.13. The second kappa shape index (κ2) is 10.1. The number of pyridine rings is 1. The number of fused-ring (bicyclic) bond motifs is 2. The molecule has 0 radical (unpaired) electrons. The van der Waals surface area contributed by atoms with Crippen LogP contribution in [0.1, 0.15) is 36.0 Å². The largest absolute Gasteiger partial charge is 0.325 e. The fourth-order valence-corrected chi connectivity index (χ4v) is 5.50. The van der Waals surface area contributed by atoms with Crippen LogP contribution in [-0.2, 0) is 13.0 Å². The third-order valence-electron chi connectivity index (χ3n) is 7.61. The molecule has 1 N–H and O–H groups in total. The number of likely N-dealkylation sites (N-methyl/N-ethyl adjacent to an activating group) is 1. The number of imidazole rings is 1. The molecule has 0 unspecified atom stereocenters. The summed E-state index contributed by atoms with van der Waals surface area (Å²) in [7, 11) is 4.12. The van der Waals surface area contributed by atoms with Gasteiger partial charge in [-0.2, -0.15) is 0 Å². The lowest BCUT2D eigenvalue weighted by Crippen LogP contribution is -2.37. The van der Waals surface area contributed by atoms with Crippen LogP contribution in [0.25, 0.3) is 22.3 Å². The van der Waals surface area contributed by atoms with E-state index in [0.717, 1.165) is 56.1 Å². The summed E-state index contributed by atoms with van der Waals surface area (Å²) in [4.78, 5) is 21.9. The number of benzene rings is 1. The normalized spacial score (nSPS) is 17.3. The van der Waals surface area contributed by atoms with Crippen molar-refractivity contribution >= 4 is 22.8 Å². The van der Waals surface area contributed by atoms with Crippen LogP contribution in [-0.4, -0.2) is 74.0 Å². The Labute approximate surface area is 229 Å². The van der Waals surface area contributed by atoms with Gasteiger partial charge in [0.2, 0.25) is 5.95 Å². The maximum atomic E-state index is 15.1. The van der Waals surface area contributed by atoms with E-state index in [9.17, 15) is 13.2 Å². The Morgan fingerprint density at radius 2 is 1.88 bits per heavy atom. The number of hydrogen-bond donors (Lipinski definition) is 1. The Morgan fingerprint density at radius 3 is 2.62 bits per heavy atom. The average molecular weight is 555 g/mol. The smallest absolute Gasteiger partial charge is 0.252 e. The number of aryl methyl sites for hydroxylation is 1. The first-order valence-electron chi connectivity index (χ1n) is 13.3. The van der Waals surface area contributed by atoms with E-state index in [2.05, 4.69) is 44.2 Å². The van der Waals surface area contributed by atoms with Crippen molar-refractivity contribution in [1.29, 1.82) is 0 Å². The van der Waals surface area contributed by atoms with E-state index < -0.39 is 23.6 Å². The maximum absolute atomic E-state index is 15.1. The fourth-order valence-electron chi connectivity index (χ4n) is 5.50. The van der Waals surface area contributed by atoms with Crippen molar-refractivity contribution in [2.24, 2.45) is 0 Å². The minimum atomic E-state index is -2.75. The molecule has 1 aliphatic heterocycles. The molecule has 1 aromatic carbocycles. The molecule has 1 aliphatic carbocycles. The summed E-state index contributed by atoms with van der Waals surface area (Å²) in [6.45, 7) is 5.36. The summed E-state index contributed by atoms with van der Waals surface area (Å²) in [5.41, 5.74) is 2.59. The molecule has 4 aromatic rings. The second-order valence-electron chi connectivity index (χ2n) is 10.9. The van der Waals surface area contributed by atoms with Crippen molar-refractivity contribution in [3.8, 4) is 11.3 Å². The minimum Gasteiger partial charge on any atom is -0.325 e. The predicted octanol–water partition coefficient (Wildman–Crippen LogP) is 5.11. The molecule has 4 heterocycles.